The maximum Gasteiger partial charge on any atom is 0.0736 e. The summed E-state index contributed by atoms with van der Waals surface area (Å²) >= 11 is 0. The zero-order valence-electron chi connectivity index (χ0n) is 25.8. The lowest BCUT2D eigenvalue weighted by atomic mass is 9.70. The highest BCUT2D eigenvalue weighted by atomic mass is 15.2. The van der Waals surface area contributed by atoms with E-state index in [1.165, 1.54) is 71.7 Å². The number of para-hydroxylation sites is 1. The molecule has 2 nitrogen and oxygen atoms in total. The quantitative estimate of drug-likeness (QED) is 0.201. The Morgan fingerprint density at radius 1 is 0.667 bits per heavy atom. The highest BCUT2D eigenvalue weighted by Gasteiger charge is 2.41. The van der Waals surface area contributed by atoms with Crippen molar-refractivity contribution in [3.63, 3.8) is 0 Å². The largest absolute Gasteiger partial charge is 0.360 e. The molecular formula is C43H36N2. The molecule has 9 rings (SSSR count). The lowest BCUT2D eigenvalue weighted by molar-refractivity contribution is 0.361. The average molecular weight is 581 g/mol. The van der Waals surface area contributed by atoms with Crippen LogP contribution in [0.25, 0.3) is 32.6 Å². The second kappa shape index (κ2) is 10.2. The minimum atomic E-state index is 0.0901. The van der Waals surface area contributed by atoms with Crippen LogP contribution in [0.2, 0.25) is 0 Å². The molecule has 0 bridgehead atoms. The molecule has 0 radical (unpaired) electrons. The first kappa shape index (κ1) is 26.3. The van der Waals surface area contributed by atoms with Crippen LogP contribution in [0, 0.1) is 5.92 Å². The fraction of sp³-hybridized carbons (Fsp3) is 0.163. The highest BCUT2D eigenvalue weighted by molar-refractivity contribution is 6.18. The Morgan fingerprint density at radius 3 is 2.18 bits per heavy atom. The van der Waals surface area contributed by atoms with Gasteiger partial charge in [-0.15, -0.1) is 0 Å². The lowest BCUT2D eigenvalue weighted by Gasteiger charge is -2.36. The van der Waals surface area contributed by atoms with Gasteiger partial charge < -0.3 is 9.47 Å². The van der Waals surface area contributed by atoms with Gasteiger partial charge in [-0.2, -0.15) is 0 Å². The number of aryl methyl sites for hydroxylation is 1. The molecule has 2 heteroatoms. The summed E-state index contributed by atoms with van der Waals surface area (Å²) in [6.07, 6.45) is 21.0. The molecule has 3 unspecified atom stereocenters. The average Bonchev–Trinajstić information content (AvgIpc) is 3.61. The molecule has 4 aliphatic rings. The van der Waals surface area contributed by atoms with Gasteiger partial charge in [0.05, 0.1) is 11.6 Å². The Morgan fingerprint density at radius 2 is 1.38 bits per heavy atom. The third kappa shape index (κ3) is 3.75. The van der Waals surface area contributed by atoms with E-state index in [1.807, 2.05) is 0 Å². The molecule has 5 aromatic rings. The summed E-state index contributed by atoms with van der Waals surface area (Å²) in [5, 5.41) is 5.34. The maximum atomic E-state index is 2.60. The van der Waals surface area contributed by atoms with Crippen molar-refractivity contribution in [1.82, 2.24) is 9.47 Å². The van der Waals surface area contributed by atoms with Crippen LogP contribution in [0.4, 0.5) is 0 Å². The number of likely N-dealkylation sites (N-methyl/N-ethyl adjacent to an activating group) is 1. The van der Waals surface area contributed by atoms with Crippen molar-refractivity contribution in [3.8, 4) is 0 Å². The monoisotopic (exact) mass is 580 g/mol. The van der Waals surface area contributed by atoms with Gasteiger partial charge in [-0.25, -0.2) is 0 Å². The van der Waals surface area contributed by atoms with E-state index in [4.69, 9.17) is 0 Å². The molecule has 218 valence electrons. The number of benzene rings is 4. The van der Waals surface area contributed by atoms with Gasteiger partial charge in [-0.05, 0) is 59.2 Å². The summed E-state index contributed by atoms with van der Waals surface area (Å²) in [5.41, 5.74) is 12.4. The summed E-state index contributed by atoms with van der Waals surface area (Å²) in [5.74, 6) is 0.292. The number of rotatable bonds is 5. The lowest BCUT2D eigenvalue weighted by Crippen LogP contribution is -2.32. The topological polar surface area (TPSA) is 8.17 Å². The predicted molar refractivity (Wildman–Crippen MR) is 189 cm³/mol. The van der Waals surface area contributed by atoms with Crippen molar-refractivity contribution in [1.29, 1.82) is 0 Å². The van der Waals surface area contributed by atoms with Gasteiger partial charge in [0.15, 0.2) is 0 Å². The van der Waals surface area contributed by atoms with Crippen LogP contribution in [0.3, 0.4) is 0 Å². The first-order valence-electron chi connectivity index (χ1n) is 16.4. The Balaban J connectivity index is 1.38. The van der Waals surface area contributed by atoms with Gasteiger partial charge >= 0.3 is 0 Å². The van der Waals surface area contributed by atoms with E-state index in [2.05, 4.69) is 163 Å². The fourth-order valence-electron chi connectivity index (χ4n) is 8.59. The molecule has 0 N–H and O–H groups in total. The molecule has 3 atom stereocenters. The normalized spacial score (nSPS) is 20.8. The maximum absolute atomic E-state index is 2.60. The molecule has 0 fully saturated rings. The molecule has 0 saturated carbocycles. The summed E-state index contributed by atoms with van der Waals surface area (Å²) in [6.45, 7) is 6.47. The Labute approximate surface area is 265 Å². The first-order valence-corrected chi connectivity index (χ1v) is 16.4. The van der Waals surface area contributed by atoms with E-state index in [9.17, 15) is 0 Å². The van der Waals surface area contributed by atoms with Crippen LogP contribution in [-0.4, -0.2) is 22.1 Å². The molecule has 0 saturated heterocycles. The van der Waals surface area contributed by atoms with Crippen molar-refractivity contribution >= 4 is 32.6 Å². The molecule has 0 amide bonds. The van der Waals surface area contributed by atoms with Crippen molar-refractivity contribution in [2.45, 2.75) is 32.4 Å². The molecule has 1 aliphatic heterocycles. The van der Waals surface area contributed by atoms with Gasteiger partial charge in [0.25, 0.3) is 0 Å². The van der Waals surface area contributed by atoms with Crippen molar-refractivity contribution in [2.75, 3.05) is 6.54 Å². The van der Waals surface area contributed by atoms with Gasteiger partial charge in [0, 0.05) is 57.9 Å². The molecule has 3 aliphatic carbocycles. The summed E-state index contributed by atoms with van der Waals surface area (Å²) in [6, 6.07) is 32.1. The molecule has 4 aromatic carbocycles. The van der Waals surface area contributed by atoms with E-state index in [0.717, 1.165) is 13.1 Å². The number of fused-ring (bicyclic) bond motifs is 8. The SMILES string of the molecule is CCN1C2=C3C=CC=CC3C(C(c3ccccc3)c3cc4c5ccccc5n(CC)c4c4ccccc34)=CC2=C2C=CC=CC21. The minimum Gasteiger partial charge on any atom is -0.360 e. The van der Waals surface area contributed by atoms with Crippen LogP contribution in [0.1, 0.15) is 30.9 Å². The van der Waals surface area contributed by atoms with E-state index in [0.29, 0.717) is 6.04 Å². The van der Waals surface area contributed by atoms with Crippen LogP contribution in [0.15, 0.2) is 168 Å². The number of allylic oxidation sites excluding steroid dienone is 9. The van der Waals surface area contributed by atoms with E-state index in [1.54, 1.807) is 0 Å². The smallest absolute Gasteiger partial charge is 0.0736 e. The van der Waals surface area contributed by atoms with E-state index < -0.39 is 0 Å². The highest BCUT2D eigenvalue weighted by Crippen LogP contribution is 2.52. The second-order valence-corrected chi connectivity index (χ2v) is 12.5. The minimum absolute atomic E-state index is 0.0901. The number of nitrogens with zero attached hydrogens (tertiary/aromatic N) is 2. The third-order valence-corrected chi connectivity index (χ3v) is 10.4. The second-order valence-electron chi connectivity index (χ2n) is 12.5. The van der Waals surface area contributed by atoms with Crippen molar-refractivity contribution in [3.05, 3.63) is 179 Å². The molecule has 45 heavy (non-hydrogen) atoms. The van der Waals surface area contributed by atoms with Gasteiger partial charge in [0.1, 0.15) is 0 Å². The summed E-state index contributed by atoms with van der Waals surface area (Å²) < 4.78 is 2.50. The molecule has 1 aromatic heterocycles. The predicted octanol–water partition coefficient (Wildman–Crippen LogP) is 10.2. The summed E-state index contributed by atoms with van der Waals surface area (Å²) in [4.78, 5) is 2.60. The van der Waals surface area contributed by atoms with Gasteiger partial charge in [-0.1, -0.05) is 127 Å². The summed E-state index contributed by atoms with van der Waals surface area (Å²) in [7, 11) is 0. The molecular weight excluding hydrogens is 544 g/mol. The van der Waals surface area contributed by atoms with Gasteiger partial charge in [0.2, 0.25) is 0 Å². The zero-order valence-corrected chi connectivity index (χ0v) is 25.8. The first-order chi connectivity index (χ1) is 22.3. The fourth-order valence-corrected chi connectivity index (χ4v) is 8.59. The Kier molecular flexibility index (Phi) is 5.99. The van der Waals surface area contributed by atoms with Crippen LogP contribution >= 0.6 is 0 Å². The number of hydrogen-bond acceptors (Lipinski definition) is 1. The van der Waals surface area contributed by atoms with Crippen LogP contribution in [-0.2, 0) is 6.54 Å². The molecule has 2 heterocycles. The molecule has 0 spiro atoms. The van der Waals surface area contributed by atoms with E-state index in [-0.39, 0.29) is 11.8 Å². The van der Waals surface area contributed by atoms with Crippen molar-refractivity contribution < 1.29 is 0 Å². The standard InChI is InChI=1S/C43H36N2/c1-3-44-39-24-14-12-20-31(39)37-26-35(29-18-8-10-22-33(29)42(37)44)41(28-16-6-5-7-17-28)36-27-38-32-21-13-15-25-40(32)45(4-2)43(38)34-23-11-9-19-30(34)36/h5-27,29,39,41H,3-4H2,1-2H3. The Hall–Kier alpha value is -5.08. The van der Waals surface area contributed by atoms with Crippen molar-refractivity contribution in [2.24, 2.45) is 5.92 Å². The van der Waals surface area contributed by atoms with Crippen LogP contribution < -0.4 is 0 Å². The van der Waals surface area contributed by atoms with Gasteiger partial charge in [-0.3, -0.25) is 0 Å². The van der Waals surface area contributed by atoms with Crippen LogP contribution in [0.5, 0.6) is 0 Å². The van der Waals surface area contributed by atoms with E-state index >= 15 is 0 Å². The Bertz CT molecular complexity index is 2250. The zero-order chi connectivity index (χ0) is 30.1. The number of aromatic nitrogens is 1. The number of hydrogen-bond donors (Lipinski definition) is 0. The third-order valence-electron chi connectivity index (χ3n) is 10.4.